The maximum Gasteiger partial charge on any atom is 0.272 e. The quantitative estimate of drug-likeness (QED) is 0.601. The standard InChI is InChI=1S/C13H15NO5/c1-3-18-13-11(15)7-12(13)19-9-4-5-10(14(16)17)8(2)6-9/h4-6,12-13H,3,7H2,1-2H3. The number of Topliss-reactive ketones (excluding diaryl/α,β-unsaturated/α-hetero) is 1. The smallest absolute Gasteiger partial charge is 0.272 e. The number of hydrogen-bond donors (Lipinski definition) is 0. The van der Waals surface area contributed by atoms with E-state index in [9.17, 15) is 14.9 Å². The molecule has 0 amide bonds. The second-order valence-corrected chi connectivity index (χ2v) is 4.41. The van der Waals surface area contributed by atoms with Crippen molar-refractivity contribution in [1.29, 1.82) is 0 Å². The summed E-state index contributed by atoms with van der Waals surface area (Å²) in [7, 11) is 0. The number of hydrogen-bond acceptors (Lipinski definition) is 5. The van der Waals surface area contributed by atoms with Crippen LogP contribution in [0.15, 0.2) is 18.2 Å². The topological polar surface area (TPSA) is 78.7 Å². The highest BCUT2D eigenvalue weighted by Crippen LogP contribution is 2.28. The third-order valence-electron chi connectivity index (χ3n) is 3.06. The number of nitrogens with zero attached hydrogens (tertiary/aromatic N) is 1. The summed E-state index contributed by atoms with van der Waals surface area (Å²) in [6.45, 7) is 3.92. The lowest BCUT2D eigenvalue weighted by atomic mass is 9.90. The minimum Gasteiger partial charge on any atom is -0.487 e. The molecular formula is C13H15NO5. The van der Waals surface area contributed by atoms with Gasteiger partial charge in [-0.15, -0.1) is 0 Å². The molecule has 2 atom stereocenters. The largest absolute Gasteiger partial charge is 0.487 e. The van der Waals surface area contributed by atoms with Gasteiger partial charge in [-0.3, -0.25) is 14.9 Å². The molecule has 1 fully saturated rings. The highest BCUT2D eigenvalue weighted by Gasteiger charge is 2.42. The molecule has 1 aromatic rings. The molecule has 0 N–H and O–H groups in total. The summed E-state index contributed by atoms with van der Waals surface area (Å²) < 4.78 is 10.9. The molecule has 19 heavy (non-hydrogen) atoms. The Labute approximate surface area is 110 Å². The van der Waals surface area contributed by atoms with Crippen LogP contribution in [0, 0.1) is 17.0 Å². The van der Waals surface area contributed by atoms with Crippen LogP contribution < -0.4 is 4.74 Å². The molecule has 1 aromatic carbocycles. The van der Waals surface area contributed by atoms with Gasteiger partial charge in [-0.2, -0.15) is 0 Å². The van der Waals surface area contributed by atoms with E-state index < -0.39 is 11.0 Å². The molecule has 6 heteroatoms. The molecule has 2 rings (SSSR count). The van der Waals surface area contributed by atoms with Crippen molar-refractivity contribution in [3.8, 4) is 5.75 Å². The summed E-state index contributed by atoms with van der Waals surface area (Å²) in [6.07, 6.45) is -0.491. The predicted octanol–water partition coefficient (Wildman–Crippen LogP) is 2.03. The maximum atomic E-state index is 11.3. The minimum absolute atomic E-state index is 0.0329. The highest BCUT2D eigenvalue weighted by atomic mass is 16.6. The molecule has 1 saturated carbocycles. The normalized spacial score (nSPS) is 21.9. The number of rotatable bonds is 5. The summed E-state index contributed by atoms with van der Waals surface area (Å²) in [4.78, 5) is 21.6. The van der Waals surface area contributed by atoms with E-state index in [1.807, 2.05) is 6.92 Å². The fraction of sp³-hybridized carbons (Fsp3) is 0.462. The van der Waals surface area contributed by atoms with Crippen LogP contribution in [-0.4, -0.2) is 29.5 Å². The van der Waals surface area contributed by atoms with Crippen molar-refractivity contribution in [3.63, 3.8) is 0 Å². The van der Waals surface area contributed by atoms with E-state index >= 15 is 0 Å². The monoisotopic (exact) mass is 265 g/mol. The second kappa shape index (κ2) is 5.36. The Bertz CT molecular complexity index is 514. The molecule has 2 unspecified atom stereocenters. The zero-order valence-electron chi connectivity index (χ0n) is 10.8. The third kappa shape index (κ3) is 2.73. The van der Waals surface area contributed by atoms with Gasteiger partial charge in [0.1, 0.15) is 11.9 Å². The van der Waals surface area contributed by atoms with Crippen molar-refractivity contribution in [2.24, 2.45) is 0 Å². The fourth-order valence-corrected chi connectivity index (χ4v) is 2.03. The molecule has 1 aliphatic rings. The molecule has 0 saturated heterocycles. The highest BCUT2D eigenvalue weighted by molar-refractivity contribution is 5.90. The van der Waals surface area contributed by atoms with Gasteiger partial charge in [0.15, 0.2) is 11.9 Å². The molecule has 6 nitrogen and oxygen atoms in total. The number of ether oxygens (including phenoxy) is 2. The lowest BCUT2D eigenvalue weighted by Gasteiger charge is -2.34. The van der Waals surface area contributed by atoms with Crippen LogP contribution in [0.4, 0.5) is 5.69 Å². The van der Waals surface area contributed by atoms with Gasteiger partial charge in [-0.05, 0) is 26.0 Å². The average molecular weight is 265 g/mol. The van der Waals surface area contributed by atoms with E-state index in [1.54, 1.807) is 13.0 Å². The van der Waals surface area contributed by atoms with E-state index in [2.05, 4.69) is 0 Å². The van der Waals surface area contributed by atoms with E-state index in [1.165, 1.54) is 12.1 Å². The third-order valence-corrected chi connectivity index (χ3v) is 3.06. The van der Waals surface area contributed by atoms with Crippen molar-refractivity contribution < 1.29 is 19.2 Å². The van der Waals surface area contributed by atoms with E-state index in [-0.39, 0.29) is 17.6 Å². The van der Waals surface area contributed by atoms with Crippen molar-refractivity contribution in [2.75, 3.05) is 6.61 Å². The number of nitro groups is 1. The van der Waals surface area contributed by atoms with Crippen molar-refractivity contribution in [3.05, 3.63) is 33.9 Å². The van der Waals surface area contributed by atoms with Crippen molar-refractivity contribution in [1.82, 2.24) is 0 Å². The Morgan fingerprint density at radius 1 is 1.47 bits per heavy atom. The van der Waals surface area contributed by atoms with Gasteiger partial charge >= 0.3 is 0 Å². The number of carbonyl (C=O) groups excluding carboxylic acids is 1. The summed E-state index contributed by atoms with van der Waals surface area (Å²) >= 11 is 0. The number of ketones is 1. The minimum atomic E-state index is -0.513. The van der Waals surface area contributed by atoms with Crippen LogP contribution in [0.5, 0.6) is 5.75 Å². The van der Waals surface area contributed by atoms with Gasteiger partial charge in [0.2, 0.25) is 0 Å². The van der Waals surface area contributed by atoms with Crippen LogP contribution in [0.25, 0.3) is 0 Å². The predicted molar refractivity (Wildman–Crippen MR) is 67.3 cm³/mol. The van der Waals surface area contributed by atoms with Gasteiger partial charge in [-0.25, -0.2) is 0 Å². The van der Waals surface area contributed by atoms with Gasteiger partial charge in [0.25, 0.3) is 5.69 Å². The van der Waals surface area contributed by atoms with E-state index in [0.717, 1.165) is 0 Å². The van der Waals surface area contributed by atoms with Gasteiger partial charge < -0.3 is 9.47 Å². The first-order chi connectivity index (χ1) is 9.02. The second-order valence-electron chi connectivity index (χ2n) is 4.41. The average Bonchev–Trinajstić information content (AvgIpc) is 2.35. The zero-order chi connectivity index (χ0) is 14.0. The Morgan fingerprint density at radius 3 is 2.74 bits per heavy atom. The lowest BCUT2D eigenvalue weighted by Crippen LogP contribution is -2.52. The van der Waals surface area contributed by atoms with Crippen molar-refractivity contribution in [2.45, 2.75) is 32.5 Å². The Hall–Kier alpha value is -1.95. The first kappa shape index (κ1) is 13.5. The Morgan fingerprint density at radius 2 is 2.21 bits per heavy atom. The SMILES string of the molecule is CCOC1C(=O)CC1Oc1ccc([N+](=O)[O-])c(C)c1. The molecular weight excluding hydrogens is 250 g/mol. The lowest BCUT2D eigenvalue weighted by molar-refractivity contribution is -0.385. The number of carbonyl (C=O) groups is 1. The summed E-state index contributed by atoms with van der Waals surface area (Å²) in [5.41, 5.74) is 0.583. The summed E-state index contributed by atoms with van der Waals surface area (Å²) in [6, 6.07) is 4.54. The first-order valence-corrected chi connectivity index (χ1v) is 6.09. The molecule has 0 heterocycles. The maximum absolute atomic E-state index is 11.3. The molecule has 0 radical (unpaired) electrons. The fourth-order valence-electron chi connectivity index (χ4n) is 2.03. The number of benzene rings is 1. The van der Waals surface area contributed by atoms with Crippen LogP contribution in [-0.2, 0) is 9.53 Å². The Kier molecular flexibility index (Phi) is 3.80. The molecule has 0 bridgehead atoms. The molecule has 1 aliphatic carbocycles. The van der Waals surface area contributed by atoms with Gasteiger partial charge in [0.05, 0.1) is 4.92 Å². The van der Waals surface area contributed by atoms with Gasteiger partial charge in [0, 0.05) is 24.7 Å². The Balaban J connectivity index is 2.06. The molecule has 0 aromatic heterocycles. The van der Waals surface area contributed by atoms with Crippen LogP contribution >= 0.6 is 0 Å². The molecule has 102 valence electrons. The summed E-state index contributed by atoms with van der Waals surface area (Å²) in [5.74, 6) is 0.552. The van der Waals surface area contributed by atoms with Crippen LogP contribution in [0.3, 0.4) is 0 Å². The van der Waals surface area contributed by atoms with Crippen molar-refractivity contribution >= 4 is 11.5 Å². The first-order valence-electron chi connectivity index (χ1n) is 6.09. The molecule has 0 spiro atoms. The number of aryl methyl sites for hydroxylation is 1. The van der Waals surface area contributed by atoms with Crippen LogP contribution in [0.1, 0.15) is 18.9 Å². The van der Waals surface area contributed by atoms with E-state index in [4.69, 9.17) is 9.47 Å². The van der Waals surface area contributed by atoms with E-state index in [0.29, 0.717) is 24.3 Å². The molecule has 0 aliphatic heterocycles. The number of nitro benzene ring substituents is 1. The summed E-state index contributed by atoms with van der Waals surface area (Å²) in [5, 5.41) is 10.7. The van der Waals surface area contributed by atoms with Gasteiger partial charge in [-0.1, -0.05) is 0 Å². The zero-order valence-corrected chi connectivity index (χ0v) is 10.8. The van der Waals surface area contributed by atoms with Crippen LogP contribution in [0.2, 0.25) is 0 Å².